The summed E-state index contributed by atoms with van der Waals surface area (Å²) in [4.78, 5) is 0. The highest BCUT2D eigenvalue weighted by Crippen LogP contribution is 2.03. The van der Waals surface area contributed by atoms with Crippen molar-refractivity contribution in [1.82, 2.24) is 0 Å². The van der Waals surface area contributed by atoms with Crippen molar-refractivity contribution in [2.45, 2.75) is 38.4 Å². The normalized spacial score (nSPS) is 16.8. The molecule has 0 amide bonds. The third-order valence-electron chi connectivity index (χ3n) is 1.44. The number of hydrogen-bond acceptors (Lipinski definition) is 3. The first kappa shape index (κ1) is 9.88. The summed E-state index contributed by atoms with van der Waals surface area (Å²) in [6, 6.07) is 0. The summed E-state index contributed by atoms with van der Waals surface area (Å²) < 4.78 is 0. The van der Waals surface area contributed by atoms with E-state index in [-0.39, 0.29) is 12.6 Å². The van der Waals surface area contributed by atoms with Gasteiger partial charge in [-0.25, -0.2) is 0 Å². The topological polar surface area (TPSA) is 66.5 Å². The van der Waals surface area contributed by atoms with Crippen molar-refractivity contribution in [3.8, 4) is 0 Å². The second-order valence-corrected chi connectivity index (χ2v) is 2.57. The van der Waals surface area contributed by atoms with Crippen molar-refractivity contribution in [1.29, 1.82) is 0 Å². The Morgan fingerprint density at radius 3 is 2.30 bits per heavy atom. The number of rotatable bonds is 5. The van der Waals surface area contributed by atoms with Crippen LogP contribution in [0.3, 0.4) is 0 Å². The summed E-state index contributed by atoms with van der Waals surface area (Å²) in [6.45, 7) is 2.23. The molecule has 0 heterocycles. The van der Waals surface area contributed by atoms with Crippen LogP contribution in [0, 0.1) is 0 Å². The van der Waals surface area contributed by atoms with Crippen LogP contribution in [0.25, 0.3) is 0 Å². The second kappa shape index (κ2) is 5.65. The van der Waals surface area contributed by atoms with Gasteiger partial charge < -0.3 is 15.9 Å². The third-order valence-corrected chi connectivity index (χ3v) is 1.44. The van der Waals surface area contributed by atoms with Gasteiger partial charge >= 0.3 is 0 Å². The summed E-state index contributed by atoms with van der Waals surface area (Å²) in [5, 5.41) is 18.1. The van der Waals surface area contributed by atoms with Crippen molar-refractivity contribution in [2.24, 2.45) is 5.73 Å². The summed E-state index contributed by atoms with van der Waals surface area (Å²) >= 11 is 0. The minimum absolute atomic E-state index is 0.237. The van der Waals surface area contributed by atoms with Crippen LogP contribution in [0.5, 0.6) is 0 Å². The van der Waals surface area contributed by atoms with E-state index in [0.29, 0.717) is 6.42 Å². The summed E-state index contributed by atoms with van der Waals surface area (Å²) in [6.07, 6.45) is 1.17. The summed E-state index contributed by atoms with van der Waals surface area (Å²) in [5.74, 6) is 0. The van der Waals surface area contributed by atoms with E-state index in [4.69, 9.17) is 15.9 Å². The predicted octanol–water partition coefficient (Wildman–Crippen LogP) is -0.143. The molecule has 0 rings (SSSR count). The third kappa shape index (κ3) is 4.73. The lowest BCUT2D eigenvalue weighted by atomic mass is 10.1. The lowest BCUT2D eigenvalue weighted by Gasteiger charge is -2.12. The number of aliphatic hydroxyl groups is 2. The predicted molar refractivity (Wildman–Crippen MR) is 40.6 cm³/mol. The van der Waals surface area contributed by atoms with Gasteiger partial charge in [-0.2, -0.15) is 0 Å². The molecule has 0 aromatic heterocycles. The Morgan fingerprint density at radius 1 is 1.30 bits per heavy atom. The maximum atomic E-state index is 9.14. The molecule has 0 saturated carbocycles. The zero-order chi connectivity index (χ0) is 7.98. The van der Waals surface area contributed by atoms with Gasteiger partial charge in [0, 0.05) is 13.0 Å². The Bertz CT molecular complexity index is 78.0. The van der Waals surface area contributed by atoms with E-state index in [1.165, 1.54) is 0 Å². The van der Waals surface area contributed by atoms with Gasteiger partial charge in [-0.3, -0.25) is 0 Å². The van der Waals surface area contributed by atoms with Crippen LogP contribution < -0.4 is 5.73 Å². The van der Waals surface area contributed by atoms with Crippen LogP contribution in [0.2, 0.25) is 0 Å². The molecule has 0 aliphatic heterocycles. The van der Waals surface area contributed by atoms with Crippen molar-refractivity contribution < 1.29 is 10.2 Å². The Morgan fingerprint density at radius 2 is 1.90 bits per heavy atom. The lowest BCUT2D eigenvalue weighted by Crippen LogP contribution is -2.25. The molecule has 0 bridgehead atoms. The molecular weight excluding hydrogens is 130 g/mol. The lowest BCUT2D eigenvalue weighted by molar-refractivity contribution is 0.0796. The fraction of sp³-hybridized carbons (Fsp3) is 1.00. The zero-order valence-corrected chi connectivity index (χ0v) is 6.45. The SMILES string of the molecule is CCCC(O)CC(O)CN. The van der Waals surface area contributed by atoms with Crippen molar-refractivity contribution in [3.05, 3.63) is 0 Å². The molecule has 0 saturated heterocycles. The Labute approximate surface area is 61.9 Å². The maximum Gasteiger partial charge on any atom is 0.0687 e. The highest BCUT2D eigenvalue weighted by atomic mass is 16.3. The Kier molecular flexibility index (Phi) is 5.58. The highest BCUT2D eigenvalue weighted by molar-refractivity contribution is 4.62. The first-order chi connectivity index (χ1) is 4.70. The monoisotopic (exact) mass is 147 g/mol. The number of hydrogen-bond donors (Lipinski definition) is 3. The highest BCUT2D eigenvalue weighted by Gasteiger charge is 2.08. The Hall–Kier alpha value is -0.120. The molecule has 0 aromatic rings. The van der Waals surface area contributed by atoms with Crippen LogP contribution >= 0.6 is 0 Å². The average molecular weight is 147 g/mol. The van der Waals surface area contributed by atoms with E-state index in [1.54, 1.807) is 0 Å². The molecule has 0 aliphatic rings. The van der Waals surface area contributed by atoms with E-state index >= 15 is 0 Å². The minimum Gasteiger partial charge on any atom is -0.393 e. The summed E-state index contributed by atoms with van der Waals surface area (Å²) in [7, 11) is 0. The zero-order valence-electron chi connectivity index (χ0n) is 6.45. The van der Waals surface area contributed by atoms with Crippen LogP contribution in [-0.2, 0) is 0 Å². The average Bonchev–Trinajstić information content (AvgIpc) is 1.88. The van der Waals surface area contributed by atoms with Gasteiger partial charge in [-0.1, -0.05) is 13.3 Å². The fourth-order valence-corrected chi connectivity index (χ4v) is 0.861. The molecule has 4 N–H and O–H groups in total. The smallest absolute Gasteiger partial charge is 0.0687 e. The van der Waals surface area contributed by atoms with E-state index in [0.717, 1.165) is 12.8 Å². The molecule has 3 heteroatoms. The van der Waals surface area contributed by atoms with E-state index in [1.807, 2.05) is 6.92 Å². The minimum atomic E-state index is -0.540. The first-order valence-corrected chi connectivity index (χ1v) is 3.76. The molecule has 2 atom stereocenters. The first-order valence-electron chi connectivity index (χ1n) is 3.76. The van der Waals surface area contributed by atoms with Gasteiger partial charge in [0.1, 0.15) is 0 Å². The molecule has 0 aromatic carbocycles. The van der Waals surface area contributed by atoms with Gasteiger partial charge in [-0.15, -0.1) is 0 Å². The van der Waals surface area contributed by atoms with Gasteiger partial charge in [0.2, 0.25) is 0 Å². The molecule has 0 aliphatic carbocycles. The molecule has 62 valence electrons. The van der Waals surface area contributed by atoms with E-state index in [9.17, 15) is 0 Å². The molecule has 2 unspecified atom stereocenters. The van der Waals surface area contributed by atoms with Gasteiger partial charge in [0.25, 0.3) is 0 Å². The van der Waals surface area contributed by atoms with E-state index in [2.05, 4.69) is 0 Å². The molecule has 0 radical (unpaired) electrons. The molecule has 10 heavy (non-hydrogen) atoms. The number of nitrogens with two attached hydrogens (primary N) is 1. The Balaban J connectivity index is 3.27. The van der Waals surface area contributed by atoms with Gasteiger partial charge in [0.05, 0.1) is 12.2 Å². The molecule has 0 fully saturated rings. The number of aliphatic hydroxyl groups excluding tert-OH is 2. The largest absolute Gasteiger partial charge is 0.393 e. The van der Waals surface area contributed by atoms with Crippen LogP contribution in [-0.4, -0.2) is 29.0 Å². The van der Waals surface area contributed by atoms with Crippen molar-refractivity contribution in [3.63, 3.8) is 0 Å². The molecule has 0 spiro atoms. The van der Waals surface area contributed by atoms with E-state index < -0.39 is 6.10 Å². The van der Waals surface area contributed by atoms with Gasteiger partial charge in [0.15, 0.2) is 0 Å². The second-order valence-electron chi connectivity index (χ2n) is 2.57. The molecule has 3 nitrogen and oxygen atoms in total. The standard InChI is InChI=1S/C7H17NO2/c1-2-3-6(9)4-7(10)5-8/h6-7,9-10H,2-5,8H2,1H3. The maximum absolute atomic E-state index is 9.14. The van der Waals surface area contributed by atoms with Crippen molar-refractivity contribution >= 4 is 0 Å². The van der Waals surface area contributed by atoms with Crippen LogP contribution in [0.15, 0.2) is 0 Å². The quantitative estimate of drug-likeness (QED) is 0.507. The molecular formula is C7H17NO2. The van der Waals surface area contributed by atoms with Crippen molar-refractivity contribution in [2.75, 3.05) is 6.54 Å². The van der Waals surface area contributed by atoms with Gasteiger partial charge in [-0.05, 0) is 6.42 Å². The fourth-order valence-electron chi connectivity index (χ4n) is 0.861. The van der Waals surface area contributed by atoms with Crippen LogP contribution in [0.1, 0.15) is 26.2 Å². The van der Waals surface area contributed by atoms with Crippen LogP contribution in [0.4, 0.5) is 0 Å². The summed E-state index contributed by atoms with van der Waals surface area (Å²) in [5.41, 5.74) is 5.16.